The molecule has 1 saturated heterocycles. The van der Waals surface area contributed by atoms with Gasteiger partial charge in [-0.3, -0.25) is 14.5 Å². The summed E-state index contributed by atoms with van der Waals surface area (Å²) in [6, 6.07) is 5.97. The first-order chi connectivity index (χ1) is 15.5. The maximum atomic E-state index is 14.7. The van der Waals surface area contributed by atoms with Crippen molar-refractivity contribution in [3.05, 3.63) is 59.4 Å². The molecule has 4 rings (SSSR count). The minimum Gasteiger partial charge on any atom is -0.465 e. The molecular weight excluding hydrogens is 429 g/mol. The number of hydrogen-bond acceptors (Lipinski definition) is 6. The zero-order valence-corrected chi connectivity index (χ0v) is 19.0. The van der Waals surface area contributed by atoms with Gasteiger partial charge in [0.1, 0.15) is 12.4 Å². The van der Waals surface area contributed by atoms with E-state index in [9.17, 15) is 14.0 Å². The van der Waals surface area contributed by atoms with Gasteiger partial charge in [-0.1, -0.05) is 18.2 Å². The summed E-state index contributed by atoms with van der Waals surface area (Å²) >= 11 is 4.74. The minimum atomic E-state index is -0.589. The highest BCUT2D eigenvalue weighted by Crippen LogP contribution is 2.39. The third-order valence-electron chi connectivity index (χ3n) is 5.92. The van der Waals surface area contributed by atoms with Crippen LogP contribution in [0.25, 0.3) is 6.08 Å². The number of esters is 1. The number of rotatable bonds is 8. The van der Waals surface area contributed by atoms with Gasteiger partial charge in [0.25, 0.3) is 0 Å². The van der Waals surface area contributed by atoms with Gasteiger partial charge in [0.2, 0.25) is 0 Å². The summed E-state index contributed by atoms with van der Waals surface area (Å²) in [4.78, 5) is 31.3. The van der Waals surface area contributed by atoms with E-state index in [1.165, 1.54) is 6.07 Å². The number of carbonyl (C=O) groups excluding carboxylic acids is 2. The molecule has 2 aliphatic rings. The van der Waals surface area contributed by atoms with Gasteiger partial charge in [-0.15, -0.1) is 0 Å². The first-order valence-corrected chi connectivity index (χ1v) is 11.6. The summed E-state index contributed by atoms with van der Waals surface area (Å²) in [6.07, 6.45) is 7.84. The molecule has 6 nitrogen and oxygen atoms in total. The molecule has 1 aliphatic heterocycles. The van der Waals surface area contributed by atoms with Crippen LogP contribution >= 0.6 is 12.6 Å². The molecule has 1 aromatic heterocycles. The van der Waals surface area contributed by atoms with Crippen LogP contribution in [0.1, 0.15) is 43.5 Å². The summed E-state index contributed by atoms with van der Waals surface area (Å²) in [6.45, 7) is 3.39. The smallest absolute Gasteiger partial charge is 0.325 e. The van der Waals surface area contributed by atoms with E-state index in [0.29, 0.717) is 31.0 Å². The van der Waals surface area contributed by atoms with E-state index >= 15 is 0 Å². The van der Waals surface area contributed by atoms with Crippen molar-refractivity contribution in [2.75, 3.05) is 19.7 Å². The normalized spacial score (nSPS) is 21.5. The molecule has 1 aliphatic carbocycles. The second kappa shape index (κ2) is 10.0. The number of carbonyl (C=O) groups is 2. The average molecular weight is 458 g/mol. The van der Waals surface area contributed by atoms with Gasteiger partial charge < -0.3 is 9.30 Å². The lowest BCUT2D eigenvalue weighted by Crippen LogP contribution is -2.42. The van der Waals surface area contributed by atoms with E-state index in [1.54, 1.807) is 42.2 Å². The number of likely N-dealkylation sites (tertiary alicyclic amines) is 1. The van der Waals surface area contributed by atoms with Crippen molar-refractivity contribution in [1.82, 2.24) is 14.5 Å². The molecule has 0 spiro atoms. The summed E-state index contributed by atoms with van der Waals surface area (Å²) in [5.74, 6) is -0.529. The van der Waals surface area contributed by atoms with Gasteiger partial charge in [0, 0.05) is 36.0 Å². The number of ether oxygens (including phenoxy) is 1. The van der Waals surface area contributed by atoms with Gasteiger partial charge >= 0.3 is 5.97 Å². The second-order valence-corrected chi connectivity index (χ2v) is 8.99. The number of benzene rings is 1. The lowest BCUT2D eigenvalue weighted by Gasteiger charge is -2.37. The number of hydrogen-bond donors (Lipinski definition) is 1. The summed E-state index contributed by atoms with van der Waals surface area (Å²) in [7, 11) is 0. The molecule has 0 amide bonds. The third-order valence-corrected chi connectivity index (χ3v) is 6.51. The van der Waals surface area contributed by atoms with Crippen LogP contribution in [0.3, 0.4) is 0 Å². The number of halogens is 1. The zero-order valence-electron chi connectivity index (χ0n) is 18.1. The van der Waals surface area contributed by atoms with Crippen LogP contribution in [0.5, 0.6) is 0 Å². The number of ketones is 1. The zero-order chi connectivity index (χ0) is 22.7. The predicted octanol–water partition coefficient (Wildman–Crippen LogP) is 3.69. The Morgan fingerprint density at radius 2 is 2.09 bits per heavy atom. The number of nitrogens with zero attached hydrogens (tertiary/aromatic N) is 3. The largest absolute Gasteiger partial charge is 0.465 e. The molecule has 8 heteroatoms. The Bertz CT molecular complexity index is 1020. The van der Waals surface area contributed by atoms with Crippen LogP contribution in [-0.2, 0) is 20.9 Å². The van der Waals surface area contributed by atoms with Gasteiger partial charge in [-0.05, 0) is 43.9 Å². The van der Waals surface area contributed by atoms with E-state index in [1.807, 2.05) is 6.08 Å². The van der Waals surface area contributed by atoms with Crippen molar-refractivity contribution >= 4 is 30.5 Å². The fraction of sp³-hybridized carbons (Fsp3) is 0.458. The molecule has 1 saturated carbocycles. The lowest BCUT2D eigenvalue weighted by molar-refractivity contribution is -0.143. The molecule has 2 unspecified atom stereocenters. The van der Waals surface area contributed by atoms with Gasteiger partial charge in [0.15, 0.2) is 5.78 Å². The first-order valence-electron chi connectivity index (χ1n) is 11.0. The van der Waals surface area contributed by atoms with Crippen LogP contribution in [-0.4, -0.2) is 51.1 Å². The van der Waals surface area contributed by atoms with Crippen molar-refractivity contribution < 1.29 is 18.7 Å². The fourth-order valence-corrected chi connectivity index (χ4v) is 4.43. The quantitative estimate of drug-likeness (QED) is 0.484. The minimum absolute atomic E-state index is 0.0266. The molecule has 2 heterocycles. The van der Waals surface area contributed by atoms with Crippen LogP contribution in [0.2, 0.25) is 0 Å². The molecule has 2 fully saturated rings. The first kappa shape index (κ1) is 22.7. The van der Waals surface area contributed by atoms with Crippen LogP contribution in [0.15, 0.2) is 42.4 Å². The molecule has 2 atom stereocenters. The molecular formula is C24H28FN3O3S. The standard InChI is InChI=1S/C24H28FN3O3S/c1-2-31-22(29)14-27-13-18(26-15-27)11-17-12-28(10-9-21(17)32)23(24(30)16-7-8-16)19-5-3-4-6-20(19)25/h3-6,11,13,15-16,21,23,32H,2,7-10,12,14H2,1H3. The number of aromatic nitrogens is 2. The molecule has 2 aromatic rings. The second-order valence-electron chi connectivity index (χ2n) is 8.37. The Hall–Kier alpha value is -2.45. The highest BCUT2D eigenvalue weighted by molar-refractivity contribution is 7.81. The van der Waals surface area contributed by atoms with E-state index in [2.05, 4.69) is 9.88 Å². The maximum Gasteiger partial charge on any atom is 0.325 e. The Balaban J connectivity index is 1.55. The molecule has 0 bridgehead atoms. The maximum absolute atomic E-state index is 14.7. The van der Waals surface area contributed by atoms with E-state index in [4.69, 9.17) is 17.4 Å². The van der Waals surface area contributed by atoms with Crippen molar-refractivity contribution in [1.29, 1.82) is 0 Å². The monoisotopic (exact) mass is 457 g/mol. The molecule has 32 heavy (non-hydrogen) atoms. The summed E-state index contributed by atoms with van der Waals surface area (Å²) in [5, 5.41) is 0.0266. The van der Waals surface area contributed by atoms with E-state index < -0.39 is 6.04 Å². The Kier molecular flexibility index (Phi) is 7.10. The number of piperidine rings is 1. The number of thiol groups is 1. The van der Waals surface area contributed by atoms with Crippen molar-refractivity contribution in [2.24, 2.45) is 5.92 Å². The van der Waals surface area contributed by atoms with Gasteiger partial charge in [0.05, 0.1) is 24.7 Å². The van der Waals surface area contributed by atoms with Crippen LogP contribution < -0.4 is 0 Å². The van der Waals surface area contributed by atoms with Crippen molar-refractivity contribution in [2.45, 2.75) is 44.0 Å². The highest BCUT2D eigenvalue weighted by Gasteiger charge is 2.40. The molecule has 0 N–H and O–H groups in total. The predicted molar refractivity (Wildman–Crippen MR) is 123 cm³/mol. The van der Waals surface area contributed by atoms with Gasteiger partial charge in [-0.25, -0.2) is 9.37 Å². The van der Waals surface area contributed by atoms with Crippen LogP contribution in [0, 0.1) is 11.7 Å². The highest BCUT2D eigenvalue weighted by atomic mass is 32.1. The Morgan fingerprint density at radius 1 is 1.31 bits per heavy atom. The number of imidazole rings is 1. The summed E-state index contributed by atoms with van der Waals surface area (Å²) in [5.41, 5.74) is 2.17. The lowest BCUT2D eigenvalue weighted by atomic mass is 9.93. The molecule has 0 radical (unpaired) electrons. The number of Topliss-reactive ketones (excluding diaryl/α,β-unsaturated/α-hetero) is 1. The molecule has 1 aromatic carbocycles. The van der Waals surface area contributed by atoms with Crippen LogP contribution in [0.4, 0.5) is 4.39 Å². The Labute approximate surface area is 192 Å². The topological polar surface area (TPSA) is 64.4 Å². The van der Waals surface area contributed by atoms with Crippen molar-refractivity contribution in [3.8, 4) is 0 Å². The van der Waals surface area contributed by atoms with E-state index in [0.717, 1.165) is 24.8 Å². The fourth-order valence-electron chi connectivity index (χ4n) is 4.16. The average Bonchev–Trinajstić information content (AvgIpc) is 3.53. The summed E-state index contributed by atoms with van der Waals surface area (Å²) < 4.78 is 21.3. The SMILES string of the molecule is CCOC(=O)Cn1cnc(C=C2CN(C(C(=O)C3CC3)c3ccccc3F)CCC2S)c1. The van der Waals surface area contributed by atoms with Crippen molar-refractivity contribution in [3.63, 3.8) is 0 Å². The molecule has 170 valence electrons. The Morgan fingerprint density at radius 3 is 2.81 bits per heavy atom. The third kappa shape index (κ3) is 5.30. The van der Waals surface area contributed by atoms with E-state index in [-0.39, 0.29) is 35.3 Å². The van der Waals surface area contributed by atoms with Gasteiger partial charge in [-0.2, -0.15) is 12.6 Å².